The minimum atomic E-state index is -0.142. The second-order valence-electron chi connectivity index (χ2n) is 6.89. The van der Waals surface area contributed by atoms with Crippen molar-refractivity contribution in [3.8, 4) is 0 Å². The first kappa shape index (κ1) is 17.5. The van der Waals surface area contributed by atoms with Gasteiger partial charge in [0.2, 0.25) is 0 Å². The number of aryl methyl sites for hydroxylation is 2. The number of H-pyrrole nitrogens is 1. The fourth-order valence-electron chi connectivity index (χ4n) is 3.64. The van der Waals surface area contributed by atoms with Crippen molar-refractivity contribution in [2.45, 2.75) is 52.0 Å². The predicted molar refractivity (Wildman–Crippen MR) is 98.7 cm³/mol. The topological polar surface area (TPSA) is 96.5 Å². The van der Waals surface area contributed by atoms with Crippen molar-refractivity contribution in [3.63, 3.8) is 0 Å². The van der Waals surface area contributed by atoms with Crippen LogP contribution < -0.4 is 5.56 Å². The Morgan fingerprint density at radius 1 is 1.26 bits per heavy atom. The zero-order valence-corrected chi connectivity index (χ0v) is 15.6. The number of likely N-dealkylation sites (tertiary alicyclic amines) is 1. The third-order valence-electron chi connectivity index (χ3n) is 5.13. The molecule has 1 aliphatic heterocycles. The summed E-state index contributed by atoms with van der Waals surface area (Å²) >= 11 is 0. The highest BCUT2D eigenvalue weighted by molar-refractivity contribution is 5.92. The van der Waals surface area contributed by atoms with Crippen molar-refractivity contribution in [2.75, 3.05) is 6.54 Å². The van der Waals surface area contributed by atoms with Gasteiger partial charge >= 0.3 is 0 Å². The first-order chi connectivity index (χ1) is 13.1. The number of rotatable bonds is 4. The van der Waals surface area contributed by atoms with Crippen molar-refractivity contribution < 1.29 is 9.32 Å². The van der Waals surface area contributed by atoms with Gasteiger partial charge in [-0.1, -0.05) is 19.0 Å². The van der Waals surface area contributed by atoms with Crippen molar-refractivity contribution >= 4 is 11.6 Å². The van der Waals surface area contributed by atoms with Crippen LogP contribution in [0.5, 0.6) is 0 Å². The van der Waals surface area contributed by atoms with Crippen LogP contribution in [0.4, 0.5) is 0 Å². The molecule has 1 aliphatic rings. The van der Waals surface area contributed by atoms with E-state index in [0.29, 0.717) is 36.5 Å². The molecule has 4 heterocycles. The predicted octanol–water partition coefficient (Wildman–Crippen LogP) is 2.50. The Morgan fingerprint density at radius 3 is 2.85 bits per heavy atom. The lowest BCUT2D eigenvalue weighted by Crippen LogP contribution is -2.39. The summed E-state index contributed by atoms with van der Waals surface area (Å²) in [5.74, 6) is 0.553. The molecular formula is C19H23N5O3. The molecule has 0 bridgehead atoms. The maximum atomic E-state index is 13.0. The zero-order chi connectivity index (χ0) is 19.0. The Labute approximate surface area is 156 Å². The second kappa shape index (κ2) is 7.02. The molecule has 3 aromatic rings. The minimum Gasteiger partial charge on any atom is -0.361 e. The lowest BCUT2D eigenvalue weighted by molar-refractivity contribution is 0.0595. The molecule has 0 saturated carbocycles. The fourth-order valence-corrected chi connectivity index (χ4v) is 3.64. The zero-order valence-electron chi connectivity index (χ0n) is 15.6. The quantitative estimate of drug-likeness (QED) is 0.762. The van der Waals surface area contributed by atoms with Gasteiger partial charge in [0.15, 0.2) is 11.3 Å². The number of hydrogen-bond acceptors (Lipinski definition) is 5. The highest BCUT2D eigenvalue weighted by atomic mass is 16.5. The summed E-state index contributed by atoms with van der Waals surface area (Å²) in [5, 5.41) is 7.07. The molecule has 0 aromatic carbocycles. The number of nitrogens with one attached hydrogen (secondary N) is 1. The molecule has 1 unspecified atom stereocenters. The molecule has 8 nitrogen and oxygen atoms in total. The van der Waals surface area contributed by atoms with Crippen LogP contribution in [0.15, 0.2) is 27.5 Å². The number of fused-ring (bicyclic) bond motifs is 1. The summed E-state index contributed by atoms with van der Waals surface area (Å²) < 4.78 is 6.64. The summed E-state index contributed by atoms with van der Waals surface area (Å²) in [6.07, 6.45) is 4.18. The maximum absolute atomic E-state index is 13.0. The fraction of sp³-hybridized carbons (Fsp3) is 0.474. The molecule has 27 heavy (non-hydrogen) atoms. The molecule has 8 heteroatoms. The average molecular weight is 369 g/mol. The van der Waals surface area contributed by atoms with Crippen molar-refractivity contribution in [3.05, 3.63) is 51.4 Å². The van der Waals surface area contributed by atoms with Gasteiger partial charge in [-0.3, -0.25) is 14.7 Å². The molecule has 1 fully saturated rings. The molecule has 1 saturated heterocycles. The Hall–Kier alpha value is -2.90. The van der Waals surface area contributed by atoms with E-state index < -0.39 is 0 Å². The maximum Gasteiger partial charge on any atom is 0.276 e. The Kier molecular flexibility index (Phi) is 4.55. The Balaban J connectivity index is 1.70. The number of aromatic nitrogens is 4. The van der Waals surface area contributed by atoms with Crippen molar-refractivity contribution in [2.24, 2.45) is 0 Å². The van der Waals surface area contributed by atoms with E-state index in [1.807, 2.05) is 24.8 Å². The summed E-state index contributed by atoms with van der Waals surface area (Å²) in [6, 6.07) is 4.98. The number of hydrogen-bond donors (Lipinski definition) is 1. The molecule has 1 amide bonds. The normalized spacial score (nSPS) is 17.6. The van der Waals surface area contributed by atoms with Gasteiger partial charge in [0.1, 0.15) is 5.76 Å². The molecular weight excluding hydrogens is 346 g/mol. The van der Waals surface area contributed by atoms with E-state index in [0.717, 1.165) is 30.7 Å². The summed E-state index contributed by atoms with van der Waals surface area (Å²) in [6.45, 7) is 4.57. The lowest BCUT2D eigenvalue weighted by Gasteiger charge is -2.34. The summed E-state index contributed by atoms with van der Waals surface area (Å²) in [4.78, 5) is 31.6. The monoisotopic (exact) mass is 369 g/mol. The lowest BCUT2D eigenvalue weighted by atomic mass is 9.99. The number of aromatic amines is 1. The number of amides is 1. The molecule has 4 rings (SSSR count). The Morgan fingerprint density at radius 2 is 2.11 bits per heavy atom. The molecule has 1 N–H and O–H groups in total. The van der Waals surface area contributed by atoms with Crippen LogP contribution >= 0.6 is 0 Å². The first-order valence-electron chi connectivity index (χ1n) is 9.48. The van der Waals surface area contributed by atoms with Gasteiger partial charge in [0.05, 0.1) is 11.7 Å². The molecule has 0 spiro atoms. The highest BCUT2D eigenvalue weighted by Gasteiger charge is 2.31. The number of carbonyl (C=O) groups excluding carboxylic acids is 1. The van der Waals surface area contributed by atoms with Crippen LogP contribution in [0.2, 0.25) is 0 Å². The third-order valence-corrected chi connectivity index (χ3v) is 5.13. The number of nitrogens with zero attached hydrogens (tertiary/aromatic N) is 4. The smallest absolute Gasteiger partial charge is 0.276 e. The van der Waals surface area contributed by atoms with Gasteiger partial charge in [0, 0.05) is 36.9 Å². The SMILES string of the molecule is CCc1cc(=O)n2[nH]c(C3CCCCN3C(=O)c3cc(CC)on3)cc2n1. The molecule has 3 aromatic heterocycles. The van der Waals surface area contributed by atoms with Gasteiger partial charge in [0.25, 0.3) is 11.5 Å². The largest absolute Gasteiger partial charge is 0.361 e. The van der Waals surface area contributed by atoms with Crippen LogP contribution in [-0.2, 0) is 12.8 Å². The van der Waals surface area contributed by atoms with Gasteiger partial charge in [-0.25, -0.2) is 9.50 Å². The van der Waals surface area contributed by atoms with E-state index >= 15 is 0 Å². The highest BCUT2D eigenvalue weighted by Crippen LogP contribution is 2.31. The third kappa shape index (κ3) is 3.15. The van der Waals surface area contributed by atoms with Crippen molar-refractivity contribution in [1.29, 1.82) is 0 Å². The van der Waals surface area contributed by atoms with E-state index in [9.17, 15) is 9.59 Å². The molecule has 0 radical (unpaired) electrons. The minimum absolute atomic E-state index is 0.138. The van der Waals surface area contributed by atoms with Crippen LogP contribution in [0.25, 0.3) is 5.65 Å². The second-order valence-corrected chi connectivity index (χ2v) is 6.89. The van der Waals surface area contributed by atoms with Crippen LogP contribution in [0.1, 0.15) is 66.8 Å². The van der Waals surface area contributed by atoms with Crippen LogP contribution in [-0.4, -0.2) is 37.1 Å². The van der Waals surface area contributed by atoms with Gasteiger partial charge in [-0.05, 0) is 25.7 Å². The first-order valence-corrected chi connectivity index (χ1v) is 9.48. The summed E-state index contributed by atoms with van der Waals surface area (Å²) in [7, 11) is 0. The molecule has 1 atom stereocenters. The van der Waals surface area contributed by atoms with Crippen molar-refractivity contribution in [1.82, 2.24) is 24.7 Å². The van der Waals surface area contributed by atoms with Gasteiger partial charge < -0.3 is 9.42 Å². The van der Waals surface area contributed by atoms with E-state index in [1.165, 1.54) is 4.52 Å². The van der Waals surface area contributed by atoms with Crippen LogP contribution in [0, 0.1) is 0 Å². The van der Waals surface area contributed by atoms with Gasteiger partial charge in [-0.2, -0.15) is 0 Å². The van der Waals surface area contributed by atoms with E-state index in [2.05, 4.69) is 15.2 Å². The molecule has 0 aliphatic carbocycles. The molecule has 142 valence electrons. The standard InChI is InChI=1S/C19H23N5O3/c1-3-12-9-18(25)24-17(20-12)11-14(21-24)16-7-5-6-8-23(16)19(26)15-10-13(4-2)27-22-15/h9-11,16,21H,3-8H2,1-2H3. The number of carbonyl (C=O) groups is 1. The van der Waals surface area contributed by atoms with E-state index in [-0.39, 0.29) is 17.5 Å². The van der Waals surface area contributed by atoms with Gasteiger partial charge in [-0.15, -0.1) is 0 Å². The summed E-state index contributed by atoms with van der Waals surface area (Å²) in [5.41, 5.74) is 2.36. The van der Waals surface area contributed by atoms with E-state index in [4.69, 9.17) is 4.52 Å². The Bertz CT molecular complexity index is 1030. The number of piperidine rings is 1. The van der Waals surface area contributed by atoms with E-state index in [1.54, 1.807) is 12.1 Å². The van der Waals surface area contributed by atoms with Crippen LogP contribution in [0.3, 0.4) is 0 Å². The average Bonchev–Trinajstić information content (AvgIpc) is 3.34.